The van der Waals surface area contributed by atoms with Gasteiger partial charge in [0.2, 0.25) is 0 Å². The zero-order valence-corrected chi connectivity index (χ0v) is 50.8. The molecule has 0 aromatic rings. The summed E-state index contributed by atoms with van der Waals surface area (Å²) in [5.74, 6) is -0.955. The fourth-order valence-corrected chi connectivity index (χ4v) is 8.27. The van der Waals surface area contributed by atoms with Crippen LogP contribution in [0.4, 0.5) is 0 Å². The van der Waals surface area contributed by atoms with Crippen molar-refractivity contribution in [3.8, 4) is 0 Å². The van der Waals surface area contributed by atoms with Gasteiger partial charge in [0.05, 0.1) is 0 Å². The quantitative estimate of drug-likeness (QED) is 0.0261. The number of unbranched alkanes of at least 4 members (excludes halogenated alkanes) is 19. The second-order valence-electron chi connectivity index (χ2n) is 20.5. The Morgan fingerprint density at radius 3 is 0.772 bits per heavy atom. The number of carbonyl (C=O) groups excluding carboxylic acids is 3. The third-order valence-corrected chi connectivity index (χ3v) is 13.0. The zero-order chi connectivity index (χ0) is 57.1. The van der Waals surface area contributed by atoms with E-state index in [4.69, 9.17) is 14.2 Å². The number of esters is 3. The van der Waals surface area contributed by atoms with Crippen molar-refractivity contribution in [1.29, 1.82) is 0 Å². The third kappa shape index (κ3) is 63.7. The van der Waals surface area contributed by atoms with E-state index in [9.17, 15) is 14.4 Å². The van der Waals surface area contributed by atoms with E-state index in [1.807, 2.05) is 0 Å². The summed E-state index contributed by atoms with van der Waals surface area (Å²) >= 11 is 0. The van der Waals surface area contributed by atoms with Crippen molar-refractivity contribution >= 4 is 17.9 Å². The fraction of sp³-hybridized carbons (Fsp3) is 0.603. The fourth-order valence-electron chi connectivity index (χ4n) is 8.27. The summed E-state index contributed by atoms with van der Waals surface area (Å²) in [4.78, 5) is 38.3. The van der Waals surface area contributed by atoms with Crippen LogP contribution in [-0.4, -0.2) is 37.2 Å². The highest BCUT2D eigenvalue weighted by Gasteiger charge is 2.19. The molecule has 0 spiro atoms. The van der Waals surface area contributed by atoms with Crippen LogP contribution in [0.5, 0.6) is 0 Å². The second kappa shape index (κ2) is 65.5. The van der Waals surface area contributed by atoms with Crippen LogP contribution in [0.2, 0.25) is 0 Å². The van der Waals surface area contributed by atoms with Gasteiger partial charge in [-0.05, 0) is 148 Å². The Hall–Kier alpha value is -4.97. The predicted molar refractivity (Wildman–Crippen MR) is 343 cm³/mol. The first-order valence-electron chi connectivity index (χ1n) is 32.0. The third-order valence-electron chi connectivity index (χ3n) is 13.0. The van der Waals surface area contributed by atoms with Crippen LogP contribution < -0.4 is 0 Å². The number of carbonyl (C=O) groups is 3. The molecule has 0 aliphatic rings. The maximum Gasteiger partial charge on any atom is 0.306 e. The number of allylic oxidation sites excluding steroid dienone is 26. The lowest BCUT2D eigenvalue weighted by Crippen LogP contribution is -2.30. The van der Waals surface area contributed by atoms with Crippen LogP contribution >= 0.6 is 0 Å². The lowest BCUT2D eigenvalue weighted by Gasteiger charge is -2.18. The van der Waals surface area contributed by atoms with Crippen LogP contribution in [0.1, 0.15) is 265 Å². The standard InChI is InChI=1S/C73H116O6/c1-4-7-10-13-16-19-22-25-28-30-31-32-33-34-35-36-37-38-39-40-41-43-45-48-51-54-57-60-63-66-72(75)78-69-70(68-77-71(74)65-62-59-56-53-50-47-44-27-24-21-18-15-12-9-6-3)79-73(76)67-64-61-58-55-52-49-46-42-29-26-23-20-17-14-11-8-5-2/h7-8,10-11,16-21,25-29,31-32,34-35,37-38,40-41,44-45,48,70H,4-6,9,12-15,22-24,30,33,36,39,42-43,46-47,49-69H2,1-3H3/b10-7-,11-8-,19-16-,20-17-,21-18-,28-25-,29-26-,32-31-,35-34-,38-37-,41-40-,44-27-,48-45-. The molecule has 6 nitrogen and oxygen atoms in total. The zero-order valence-electron chi connectivity index (χ0n) is 50.8. The van der Waals surface area contributed by atoms with Gasteiger partial charge in [-0.2, -0.15) is 0 Å². The van der Waals surface area contributed by atoms with Crippen molar-refractivity contribution in [1.82, 2.24) is 0 Å². The van der Waals surface area contributed by atoms with Gasteiger partial charge in [-0.3, -0.25) is 14.4 Å². The molecule has 0 amide bonds. The molecule has 0 aliphatic heterocycles. The monoisotopic (exact) mass is 1090 g/mol. The smallest absolute Gasteiger partial charge is 0.306 e. The van der Waals surface area contributed by atoms with Gasteiger partial charge < -0.3 is 14.2 Å². The molecule has 0 aromatic carbocycles. The van der Waals surface area contributed by atoms with Crippen LogP contribution in [0, 0.1) is 0 Å². The number of ether oxygens (including phenoxy) is 3. The Bertz CT molecular complexity index is 1780. The van der Waals surface area contributed by atoms with Crippen molar-refractivity contribution in [2.45, 2.75) is 271 Å². The maximum atomic E-state index is 12.9. The lowest BCUT2D eigenvalue weighted by molar-refractivity contribution is -0.167. The molecule has 444 valence electrons. The molecule has 0 saturated heterocycles. The van der Waals surface area contributed by atoms with Gasteiger partial charge in [-0.1, -0.05) is 256 Å². The Kier molecular flexibility index (Phi) is 61.4. The SMILES string of the molecule is CC/C=C\C/C=C\C/C=C\C/C=C\C/C=C\C/C=C\C/C=C\C/C=C\CCCCCCC(=O)OCC(COC(=O)CCCCCCC/C=C\C/C=C\CCCCC)OC(=O)CCCCCCCCC/C=C\C/C=C\C/C=C\CC. The lowest BCUT2D eigenvalue weighted by atomic mass is 10.1. The molecule has 0 fully saturated rings. The molecule has 0 N–H and O–H groups in total. The molecule has 0 heterocycles. The van der Waals surface area contributed by atoms with Crippen molar-refractivity contribution in [3.63, 3.8) is 0 Å². The normalized spacial score (nSPS) is 13.2. The summed E-state index contributed by atoms with van der Waals surface area (Å²) < 4.78 is 16.9. The van der Waals surface area contributed by atoms with Crippen molar-refractivity contribution < 1.29 is 28.6 Å². The maximum absolute atomic E-state index is 12.9. The molecule has 0 aliphatic carbocycles. The molecular formula is C73H116O6. The van der Waals surface area contributed by atoms with Gasteiger partial charge in [0.25, 0.3) is 0 Å². The highest BCUT2D eigenvalue weighted by Crippen LogP contribution is 2.14. The minimum atomic E-state index is -0.809. The Labute approximate surface area is 486 Å². The minimum absolute atomic E-state index is 0.104. The summed E-state index contributed by atoms with van der Waals surface area (Å²) in [5, 5.41) is 0. The highest BCUT2D eigenvalue weighted by molar-refractivity contribution is 5.71. The van der Waals surface area contributed by atoms with Crippen molar-refractivity contribution in [2.75, 3.05) is 13.2 Å². The molecule has 0 saturated carbocycles. The Morgan fingerprint density at radius 1 is 0.266 bits per heavy atom. The van der Waals surface area contributed by atoms with Gasteiger partial charge in [-0.25, -0.2) is 0 Å². The van der Waals surface area contributed by atoms with Gasteiger partial charge in [0.1, 0.15) is 13.2 Å². The number of hydrogen-bond donors (Lipinski definition) is 0. The van der Waals surface area contributed by atoms with E-state index in [2.05, 4.69) is 179 Å². The average molecular weight is 1090 g/mol. The molecule has 0 rings (SSSR count). The predicted octanol–water partition coefficient (Wildman–Crippen LogP) is 22.1. The van der Waals surface area contributed by atoms with Crippen molar-refractivity contribution in [2.24, 2.45) is 0 Å². The van der Waals surface area contributed by atoms with Gasteiger partial charge in [-0.15, -0.1) is 0 Å². The highest BCUT2D eigenvalue weighted by atomic mass is 16.6. The molecule has 1 atom stereocenters. The Balaban J connectivity index is 4.44. The number of hydrogen-bond acceptors (Lipinski definition) is 6. The molecular weight excluding hydrogens is 973 g/mol. The average Bonchev–Trinajstić information content (AvgIpc) is 3.45. The largest absolute Gasteiger partial charge is 0.462 e. The summed E-state index contributed by atoms with van der Waals surface area (Å²) in [5.41, 5.74) is 0. The van der Waals surface area contributed by atoms with E-state index < -0.39 is 6.10 Å². The van der Waals surface area contributed by atoms with E-state index in [0.29, 0.717) is 19.3 Å². The summed E-state index contributed by atoms with van der Waals surface area (Å²) in [7, 11) is 0. The summed E-state index contributed by atoms with van der Waals surface area (Å²) in [6.45, 7) is 6.34. The Morgan fingerprint density at radius 2 is 0.494 bits per heavy atom. The molecule has 1 unspecified atom stereocenters. The first-order valence-corrected chi connectivity index (χ1v) is 32.0. The van der Waals surface area contributed by atoms with Crippen LogP contribution in [-0.2, 0) is 28.6 Å². The van der Waals surface area contributed by atoms with E-state index >= 15 is 0 Å². The second-order valence-corrected chi connectivity index (χ2v) is 20.5. The van der Waals surface area contributed by atoms with Gasteiger partial charge >= 0.3 is 17.9 Å². The summed E-state index contributed by atoms with van der Waals surface area (Å²) in [6.07, 6.45) is 95.2. The first-order chi connectivity index (χ1) is 39.0. The van der Waals surface area contributed by atoms with E-state index in [-0.39, 0.29) is 31.1 Å². The first kappa shape index (κ1) is 74.0. The summed E-state index contributed by atoms with van der Waals surface area (Å²) in [6, 6.07) is 0. The van der Waals surface area contributed by atoms with Crippen LogP contribution in [0.25, 0.3) is 0 Å². The van der Waals surface area contributed by atoms with Crippen LogP contribution in [0.15, 0.2) is 158 Å². The molecule has 0 bridgehead atoms. The van der Waals surface area contributed by atoms with Crippen molar-refractivity contribution in [3.05, 3.63) is 158 Å². The topological polar surface area (TPSA) is 78.9 Å². The minimum Gasteiger partial charge on any atom is -0.462 e. The van der Waals surface area contributed by atoms with Crippen LogP contribution in [0.3, 0.4) is 0 Å². The molecule has 0 aromatic heterocycles. The number of rotatable bonds is 56. The molecule has 6 heteroatoms. The van der Waals surface area contributed by atoms with E-state index in [0.717, 1.165) is 180 Å². The molecule has 0 radical (unpaired) electrons. The molecule has 79 heavy (non-hydrogen) atoms. The van der Waals surface area contributed by atoms with E-state index in [1.165, 1.54) is 44.9 Å². The van der Waals surface area contributed by atoms with Gasteiger partial charge in [0, 0.05) is 19.3 Å². The van der Waals surface area contributed by atoms with Gasteiger partial charge in [0.15, 0.2) is 6.10 Å². The van der Waals surface area contributed by atoms with E-state index in [1.54, 1.807) is 0 Å².